The molecule has 1 aromatic heterocycles. The maximum Gasteiger partial charge on any atom is 0.265 e. The van der Waals surface area contributed by atoms with Gasteiger partial charge in [0.15, 0.2) is 6.10 Å². The van der Waals surface area contributed by atoms with Gasteiger partial charge >= 0.3 is 0 Å². The molecule has 0 unspecified atom stereocenters. The van der Waals surface area contributed by atoms with E-state index in [-0.39, 0.29) is 40.6 Å². The lowest BCUT2D eigenvalue weighted by molar-refractivity contribution is -0.131. The predicted octanol–water partition coefficient (Wildman–Crippen LogP) is 2.20. The number of piperazine rings is 1. The Bertz CT molecular complexity index is 1080. The van der Waals surface area contributed by atoms with Crippen molar-refractivity contribution in [2.45, 2.75) is 24.3 Å². The molecule has 1 aromatic carbocycles. The lowest BCUT2D eigenvalue weighted by Crippen LogP contribution is -2.50. The van der Waals surface area contributed by atoms with Crippen LogP contribution < -0.4 is 10.1 Å². The molecule has 4 rings (SSSR count). The third kappa shape index (κ3) is 4.04. The fourth-order valence-corrected chi connectivity index (χ4v) is 6.03. The SMILES string of the molecule is C[C@@H]1Oc2cc(S(=O)(=O)N3CCN(C(=O)Cc4cccs4)CC3)c(Cl)cc2NC1=O. The second kappa shape index (κ2) is 8.18. The summed E-state index contributed by atoms with van der Waals surface area (Å²) in [6.07, 6.45) is -0.408. The Morgan fingerprint density at radius 2 is 2.03 bits per heavy atom. The lowest BCUT2D eigenvalue weighted by atomic mass is 10.2. The van der Waals surface area contributed by atoms with E-state index >= 15 is 0 Å². The molecule has 160 valence electrons. The number of nitrogens with one attached hydrogen (secondary N) is 1. The first-order chi connectivity index (χ1) is 14.3. The summed E-state index contributed by atoms with van der Waals surface area (Å²) in [6, 6.07) is 6.54. The zero-order valence-corrected chi connectivity index (χ0v) is 18.5. The van der Waals surface area contributed by atoms with Gasteiger partial charge in [-0.05, 0) is 24.4 Å². The molecule has 1 N–H and O–H groups in total. The molecule has 30 heavy (non-hydrogen) atoms. The Kier molecular flexibility index (Phi) is 5.75. The van der Waals surface area contributed by atoms with Crippen LogP contribution in [0.5, 0.6) is 5.75 Å². The predicted molar refractivity (Wildman–Crippen MR) is 114 cm³/mol. The molecule has 3 heterocycles. The van der Waals surface area contributed by atoms with Gasteiger partial charge in [-0.1, -0.05) is 17.7 Å². The highest BCUT2D eigenvalue weighted by Crippen LogP contribution is 2.38. The summed E-state index contributed by atoms with van der Waals surface area (Å²) in [5.41, 5.74) is 0.339. The summed E-state index contributed by atoms with van der Waals surface area (Å²) in [5.74, 6) is -0.0770. The molecule has 1 atom stereocenters. The number of rotatable bonds is 4. The van der Waals surface area contributed by atoms with Crippen LogP contribution in [0.15, 0.2) is 34.5 Å². The van der Waals surface area contributed by atoms with E-state index in [4.69, 9.17) is 16.3 Å². The third-order valence-electron chi connectivity index (χ3n) is 5.08. The Labute approximate surface area is 183 Å². The zero-order chi connectivity index (χ0) is 21.5. The molecule has 11 heteroatoms. The molecular weight excluding hydrogens is 450 g/mol. The lowest BCUT2D eigenvalue weighted by Gasteiger charge is -2.34. The van der Waals surface area contributed by atoms with E-state index in [1.165, 1.54) is 27.8 Å². The Morgan fingerprint density at radius 1 is 1.30 bits per heavy atom. The Balaban J connectivity index is 1.48. The first-order valence-corrected chi connectivity index (χ1v) is 12.1. The van der Waals surface area contributed by atoms with Crippen LogP contribution in [0, 0.1) is 0 Å². The smallest absolute Gasteiger partial charge is 0.265 e. The number of halogens is 1. The van der Waals surface area contributed by atoms with E-state index < -0.39 is 16.1 Å². The highest BCUT2D eigenvalue weighted by atomic mass is 35.5. The van der Waals surface area contributed by atoms with Crippen LogP contribution >= 0.6 is 22.9 Å². The summed E-state index contributed by atoms with van der Waals surface area (Å²) in [5, 5.41) is 4.57. The minimum absolute atomic E-state index is 0.00315. The summed E-state index contributed by atoms with van der Waals surface area (Å²) in [6.45, 7) is 2.57. The van der Waals surface area contributed by atoms with Crippen molar-refractivity contribution in [3.05, 3.63) is 39.5 Å². The second-order valence-corrected chi connectivity index (χ2v) is 10.4. The van der Waals surface area contributed by atoms with Crippen molar-refractivity contribution in [2.75, 3.05) is 31.5 Å². The van der Waals surface area contributed by atoms with Gasteiger partial charge in [-0.2, -0.15) is 4.31 Å². The summed E-state index contributed by atoms with van der Waals surface area (Å²) in [7, 11) is -3.88. The summed E-state index contributed by atoms with van der Waals surface area (Å²) < 4.78 is 33.2. The van der Waals surface area contributed by atoms with Crippen molar-refractivity contribution < 1.29 is 22.7 Å². The van der Waals surface area contributed by atoms with E-state index in [1.54, 1.807) is 11.8 Å². The van der Waals surface area contributed by atoms with Crippen LogP contribution in [-0.2, 0) is 26.0 Å². The standard InChI is InChI=1S/C19H20ClN3O5S2/c1-12-19(25)21-15-10-14(20)17(11-16(15)28-12)30(26,27)23-6-4-22(5-7-23)18(24)9-13-3-2-8-29-13/h2-3,8,10-12H,4-7,9H2,1H3,(H,21,25)/t12-/m0/s1. The molecule has 0 radical (unpaired) electrons. The van der Waals surface area contributed by atoms with E-state index in [0.717, 1.165) is 4.88 Å². The first kappa shape index (κ1) is 21.1. The molecular formula is C19H20ClN3O5S2. The van der Waals surface area contributed by atoms with E-state index in [1.807, 2.05) is 17.5 Å². The fourth-order valence-electron chi connectivity index (χ4n) is 3.40. The van der Waals surface area contributed by atoms with Gasteiger partial charge in [0.05, 0.1) is 17.1 Å². The van der Waals surface area contributed by atoms with Crippen LogP contribution in [-0.4, -0.2) is 61.7 Å². The van der Waals surface area contributed by atoms with E-state index in [0.29, 0.717) is 25.2 Å². The van der Waals surface area contributed by atoms with E-state index in [9.17, 15) is 18.0 Å². The molecule has 2 aromatic rings. The number of carbonyl (C=O) groups is 2. The van der Waals surface area contributed by atoms with Crippen LogP contribution in [0.4, 0.5) is 5.69 Å². The van der Waals surface area contributed by atoms with Gasteiger partial charge in [-0.25, -0.2) is 8.42 Å². The van der Waals surface area contributed by atoms with Crippen LogP contribution in [0.2, 0.25) is 5.02 Å². The minimum Gasteiger partial charge on any atom is -0.479 e. The van der Waals surface area contributed by atoms with Crippen LogP contribution in [0.1, 0.15) is 11.8 Å². The highest BCUT2D eigenvalue weighted by molar-refractivity contribution is 7.89. The van der Waals surface area contributed by atoms with Crippen molar-refractivity contribution in [1.82, 2.24) is 9.21 Å². The third-order valence-corrected chi connectivity index (χ3v) is 8.32. The van der Waals surface area contributed by atoms with Gasteiger partial charge in [-0.15, -0.1) is 11.3 Å². The number of benzene rings is 1. The normalized spacial score (nSPS) is 19.7. The number of hydrogen-bond acceptors (Lipinski definition) is 6. The first-order valence-electron chi connectivity index (χ1n) is 9.37. The fraction of sp³-hybridized carbons (Fsp3) is 0.368. The zero-order valence-electron chi connectivity index (χ0n) is 16.1. The minimum atomic E-state index is -3.88. The summed E-state index contributed by atoms with van der Waals surface area (Å²) in [4.78, 5) is 26.8. The van der Waals surface area contributed by atoms with Crippen molar-refractivity contribution in [1.29, 1.82) is 0 Å². The van der Waals surface area contributed by atoms with Gasteiger partial charge in [0, 0.05) is 37.1 Å². The molecule has 1 fully saturated rings. The Hall–Kier alpha value is -2.14. The van der Waals surface area contributed by atoms with Crippen molar-refractivity contribution in [3.63, 3.8) is 0 Å². The average Bonchev–Trinajstić information content (AvgIpc) is 3.22. The van der Waals surface area contributed by atoms with Gasteiger partial charge in [0.2, 0.25) is 15.9 Å². The molecule has 0 bridgehead atoms. The van der Waals surface area contributed by atoms with Gasteiger partial charge < -0.3 is 15.0 Å². The van der Waals surface area contributed by atoms with Crippen molar-refractivity contribution in [2.24, 2.45) is 0 Å². The number of nitrogens with zero attached hydrogens (tertiary/aromatic N) is 2. The van der Waals surface area contributed by atoms with Gasteiger partial charge in [-0.3, -0.25) is 9.59 Å². The molecule has 8 nitrogen and oxygen atoms in total. The number of carbonyl (C=O) groups excluding carboxylic acids is 2. The second-order valence-electron chi connectivity index (χ2n) is 7.07. The monoisotopic (exact) mass is 469 g/mol. The number of ether oxygens (including phenoxy) is 1. The number of sulfonamides is 1. The molecule has 0 saturated carbocycles. The quantitative estimate of drug-likeness (QED) is 0.740. The largest absolute Gasteiger partial charge is 0.479 e. The molecule has 2 amide bonds. The molecule has 1 saturated heterocycles. The topological polar surface area (TPSA) is 96.0 Å². The maximum absolute atomic E-state index is 13.2. The summed E-state index contributed by atoms with van der Waals surface area (Å²) >= 11 is 7.76. The maximum atomic E-state index is 13.2. The number of hydrogen-bond donors (Lipinski definition) is 1. The number of amides is 2. The van der Waals surface area contributed by atoms with Crippen LogP contribution in [0.3, 0.4) is 0 Å². The van der Waals surface area contributed by atoms with Gasteiger partial charge in [0.1, 0.15) is 10.6 Å². The van der Waals surface area contributed by atoms with E-state index in [2.05, 4.69) is 5.32 Å². The number of thiophene rings is 1. The number of anilines is 1. The highest BCUT2D eigenvalue weighted by Gasteiger charge is 2.34. The van der Waals surface area contributed by atoms with Crippen molar-refractivity contribution in [3.8, 4) is 5.75 Å². The number of fused-ring (bicyclic) bond motifs is 1. The Morgan fingerprint density at radius 3 is 2.70 bits per heavy atom. The molecule has 2 aliphatic rings. The average molecular weight is 470 g/mol. The van der Waals surface area contributed by atoms with Crippen molar-refractivity contribution >= 4 is 50.5 Å². The van der Waals surface area contributed by atoms with Crippen LogP contribution in [0.25, 0.3) is 0 Å². The molecule has 0 aliphatic carbocycles. The van der Waals surface area contributed by atoms with Gasteiger partial charge in [0.25, 0.3) is 5.91 Å². The molecule has 0 spiro atoms. The molecule has 2 aliphatic heterocycles.